The number of aliphatic imine (C=N–C) groups is 1. The quantitative estimate of drug-likeness (QED) is 0.710. The van der Waals surface area contributed by atoms with E-state index >= 15 is 0 Å². The predicted molar refractivity (Wildman–Crippen MR) is 71.6 cm³/mol. The van der Waals surface area contributed by atoms with Gasteiger partial charge >= 0.3 is 6.03 Å². The lowest BCUT2D eigenvalue weighted by Crippen LogP contribution is -2.33. The number of carbonyl (C=O) groups is 1. The molecule has 0 atom stereocenters. The van der Waals surface area contributed by atoms with Gasteiger partial charge in [-0.2, -0.15) is 0 Å². The summed E-state index contributed by atoms with van der Waals surface area (Å²) in [5.74, 6) is 0.808. The van der Waals surface area contributed by atoms with Gasteiger partial charge < -0.3 is 4.74 Å². The summed E-state index contributed by atoms with van der Waals surface area (Å²) in [6.07, 6.45) is 7.93. The average Bonchev–Trinajstić information content (AvgIpc) is 2.46. The van der Waals surface area contributed by atoms with E-state index in [2.05, 4.69) is 4.99 Å². The molecule has 0 aromatic heterocycles. The fourth-order valence-electron chi connectivity index (χ4n) is 2.53. The van der Waals surface area contributed by atoms with Gasteiger partial charge in [0.15, 0.2) is 0 Å². The number of hydrogen-bond donors (Lipinski definition) is 0. The Morgan fingerprint density at radius 2 is 2.11 bits per heavy atom. The lowest BCUT2D eigenvalue weighted by molar-refractivity contribution is 0.228. The molecule has 1 aromatic carbocycles. The Balaban J connectivity index is 1.90. The molecule has 0 unspecified atom stereocenters. The minimum Gasteiger partial charge on any atom is -0.462 e. The zero-order valence-electron chi connectivity index (χ0n) is 10.0. The van der Waals surface area contributed by atoms with Crippen LogP contribution in [0.1, 0.15) is 12.0 Å². The molecule has 0 fully saturated rings. The Morgan fingerprint density at radius 3 is 3.05 bits per heavy atom. The summed E-state index contributed by atoms with van der Waals surface area (Å²) in [4.78, 5) is 17.4. The average molecular weight is 250 g/mol. The smallest absolute Gasteiger partial charge is 0.352 e. The molecule has 19 heavy (non-hydrogen) atoms. The Bertz CT molecular complexity index is 711. The molecule has 0 bridgehead atoms. The zero-order chi connectivity index (χ0) is 12.8. The Morgan fingerprint density at radius 1 is 1.21 bits per heavy atom. The Labute approximate surface area is 110 Å². The molecule has 0 aliphatic carbocycles. The number of carbonyl (C=O) groups excluding carboxylic acids is 1. The first-order valence-electron chi connectivity index (χ1n) is 6.09. The summed E-state index contributed by atoms with van der Waals surface area (Å²) >= 11 is 0. The van der Waals surface area contributed by atoms with Crippen molar-refractivity contribution in [1.29, 1.82) is 0 Å². The van der Waals surface area contributed by atoms with Crippen LogP contribution < -0.4 is 4.74 Å². The van der Waals surface area contributed by atoms with Gasteiger partial charge in [-0.05, 0) is 12.1 Å². The van der Waals surface area contributed by atoms with Crippen molar-refractivity contribution in [1.82, 2.24) is 4.90 Å². The van der Waals surface area contributed by atoms with Gasteiger partial charge in [-0.15, -0.1) is 0 Å². The summed E-state index contributed by atoms with van der Waals surface area (Å²) < 4.78 is 5.61. The van der Waals surface area contributed by atoms with E-state index in [1.165, 1.54) is 0 Å². The third kappa shape index (κ3) is 1.40. The molecular formula is C15H10N2O2. The van der Waals surface area contributed by atoms with Gasteiger partial charge in [0.2, 0.25) is 0 Å². The van der Waals surface area contributed by atoms with E-state index in [-0.39, 0.29) is 6.03 Å². The molecule has 2 amide bonds. The highest BCUT2D eigenvalue weighted by molar-refractivity contribution is 5.97. The van der Waals surface area contributed by atoms with Crippen LogP contribution in [-0.4, -0.2) is 17.1 Å². The van der Waals surface area contributed by atoms with E-state index in [0.717, 1.165) is 28.3 Å². The molecule has 0 saturated carbocycles. The van der Waals surface area contributed by atoms with Crippen molar-refractivity contribution < 1.29 is 9.53 Å². The monoisotopic (exact) mass is 250 g/mol. The Kier molecular flexibility index (Phi) is 2.00. The standard InChI is InChI=1S/C15H10N2O2/c18-15-16-8-7-10-5-6-11-12-3-1-2-4-14(12)19-9-13(11)17(10)15/h1-6,8-9H,7H2. The first-order valence-corrected chi connectivity index (χ1v) is 6.09. The van der Waals surface area contributed by atoms with Crippen LogP contribution in [-0.2, 0) is 0 Å². The Hall–Kier alpha value is -2.62. The van der Waals surface area contributed by atoms with Crippen molar-refractivity contribution in [2.24, 2.45) is 4.99 Å². The molecule has 92 valence electrons. The van der Waals surface area contributed by atoms with Crippen molar-refractivity contribution in [3.05, 3.63) is 59.6 Å². The largest absolute Gasteiger partial charge is 0.462 e. The molecule has 0 radical (unpaired) electrons. The summed E-state index contributed by atoms with van der Waals surface area (Å²) in [5.41, 5.74) is 3.68. The first kappa shape index (κ1) is 10.3. The number of fused-ring (bicyclic) bond motifs is 5. The molecule has 3 aliphatic heterocycles. The molecule has 0 saturated heterocycles. The number of benzene rings is 1. The van der Waals surface area contributed by atoms with Gasteiger partial charge in [0.05, 0.1) is 5.70 Å². The first-order chi connectivity index (χ1) is 9.34. The maximum absolute atomic E-state index is 12.0. The SMILES string of the molecule is O=C1N=CCC2=CC=C3C(=COc4ccccc43)N12. The van der Waals surface area contributed by atoms with Crippen LogP contribution in [0, 0.1) is 0 Å². The number of ether oxygens (including phenoxy) is 1. The van der Waals surface area contributed by atoms with E-state index in [0.29, 0.717) is 6.42 Å². The highest BCUT2D eigenvalue weighted by atomic mass is 16.5. The fraction of sp³-hybridized carbons (Fsp3) is 0.0667. The van der Waals surface area contributed by atoms with Crippen molar-refractivity contribution in [2.45, 2.75) is 6.42 Å². The zero-order valence-corrected chi connectivity index (χ0v) is 10.0. The minimum absolute atomic E-state index is 0.266. The summed E-state index contributed by atoms with van der Waals surface area (Å²) in [6.45, 7) is 0. The van der Waals surface area contributed by atoms with E-state index in [1.54, 1.807) is 17.4 Å². The molecule has 4 heteroatoms. The topological polar surface area (TPSA) is 41.9 Å². The van der Waals surface area contributed by atoms with Crippen LogP contribution in [0.2, 0.25) is 0 Å². The van der Waals surface area contributed by atoms with Gasteiger partial charge in [-0.1, -0.05) is 24.3 Å². The van der Waals surface area contributed by atoms with Gasteiger partial charge in [-0.3, -0.25) is 4.90 Å². The van der Waals surface area contributed by atoms with E-state index in [9.17, 15) is 4.79 Å². The van der Waals surface area contributed by atoms with Crippen LogP contribution >= 0.6 is 0 Å². The predicted octanol–water partition coefficient (Wildman–Crippen LogP) is 3.10. The van der Waals surface area contributed by atoms with Gasteiger partial charge in [0, 0.05) is 29.5 Å². The van der Waals surface area contributed by atoms with E-state index in [4.69, 9.17) is 4.74 Å². The second-order valence-corrected chi connectivity index (χ2v) is 4.49. The number of allylic oxidation sites excluding steroid dienone is 4. The lowest BCUT2D eigenvalue weighted by Gasteiger charge is -2.33. The molecule has 0 N–H and O–H groups in total. The fourth-order valence-corrected chi connectivity index (χ4v) is 2.53. The maximum Gasteiger partial charge on any atom is 0.352 e. The van der Waals surface area contributed by atoms with Crippen LogP contribution in [0.15, 0.2) is 59.1 Å². The van der Waals surface area contributed by atoms with Crippen molar-refractivity contribution >= 4 is 17.8 Å². The molecule has 3 heterocycles. The number of amides is 2. The number of urea groups is 1. The highest BCUT2D eigenvalue weighted by Crippen LogP contribution is 2.41. The summed E-state index contributed by atoms with van der Waals surface area (Å²) in [7, 11) is 0. The highest BCUT2D eigenvalue weighted by Gasteiger charge is 2.32. The van der Waals surface area contributed by atoms with Crippen LogP contribution in [0.5, 0.6) is 5.75 Å². The second kappa shape index (κ2) is 3.68. The van der Waals surface area contributed by atoms with Crippen molar-refractivity contribution in [3.8, 4) is 5.75 Å². The number of hydrogen-bond acceptors (Lipinski definition) is 2. The molecule has 4 nitrogen and oxygen atoms in total. The third-order valence-corrected chi connectivity index (χ3v) is 3.41. The number of rotatable bonds is 0. The van der Waals surface area contributed by atoms with E-state index < -0.39 is 0 Å². The van der Waals surface area contributed by atoms with E-state index in [1.807, 2.05) is 36.4 Å². The van der Waals surface area contributed by atoms with Crippen LogP contribution in [0.4, 0.5) is 4.79 Å². The van der Waals surface area contributed by atoms with Crippen LogP contribution in [0.3, 0.4) is 0 Å². The van der Waals surface area contributed by atoms with Gasteiger partial charge in [0.25, 0.3) is 0 Å². The van der Waals surface area contributed by atoms with Gasteiger partial charge in [-0.25, -0.2) is 9.79 Å². The maximum atomic E-state index is 12.0. The molecule has 4 rings (SSSR count). The molecule has 1 aromatic rings. The lowest BCUT2D eigenvalue weighted by atomic mass is 9.95. The van der Waals surface area contributed by atoms with Gasteiger partial charge in [0.1, 0.15) is 12.0 Å². The summed E-state index contributed by atoms with van der Waals surface area (Å²) in [5, 5.41) is 0. The minimum atomic E-state index is -0.266. The number of para-hydroxylation sites is 1. The van der Waals surface area contributed by atoms with Crippen molar-refractivity contribution in [3.63, 3.8) is 0 Å². The molecular weight excluding hydrogens is 240 g/mol. The molecule has 0 spiro atoms. The second-order valence-electron chi connectivity index (χ2n) is 4.49. The molecule has 3 aliphatic rings. The van der Waals surface area contributed by atoms with Crippen molar-refractivity contribution in [2.75, 3.05) is 0 Å². The number of nitrogens with zero attached hydrogens (tertiary/aromatic N) is 2. The normalized spacial score (nSPS) is 19.5. The third-order valence-electron chi connectivity index (χ3n) is 3.41. The summed E-state index contributed by atoms with van der Waals surface area (Å²) in [6, 6.07) is 7.53. The van der Waals surface area contributed by atoms with Crippen LogP contribution in [0.25, 0.3) is 5.57 Å².